The first kappa shape index (κ1) is 12.2. The summed E-state index contributed by atoms with van der Waals surface area (Å²) < 4.78 is 37.4. The molecule has 2 aromatic rings. The summed E-state index contributed by atoms with van der Waals surface area (Å²) in [6, 6.07) is 4.18. The molecule has 2 N–H and O–H groups in total. The molecular formula is C11H8F3N3O. The normalized spacial score (nSPS) is 11.3. The summed E-state index contributed by atoms with van der Waals surface area (Å²) in [6.45, 7) is 0. The second-order valence-corrected chi connectivity index (χ2v) is 3.47. The van der Waals surface area contributed by atoms with Crippen LogP contribution in [0.2, 0.25) is 0 Å². The second-order valence-electron chi connectivity index (χ2n) is 3.47. The highest BCUT2D eigenvalue weighted by Gasteiger charge is 2.30. The van der Waals surface area contributed by atoms with Gasteiger partial charge in [0, 0.05) is 18.0 Å². The van der Waals surface area contributed by atoms with Gasteiger partial charge in [-0.1, -0.05) is 6.07 Å². The van der Waals surface area contributed by atoms with Gasteiger partial charge in [-0.2, -0.15) is 13.2 Å². The highest BCUT2D eigenvalue weighted by Crippen LogP contribution is 2.29. The Kier molecular flexibility index (Phi) is 3.05. The Hall–Kier alpha value is -2.31. The van der Waals surface area contributed by atoms with Gasteiger partial charge in [0.05, 0.1) is 5.56 Å². The molecule has 0 atom stereocenters. The van der Waals surface area contributed by atoms with Crippen molar-refractivity contribution < 1.29 is 18.0 Å². The summed E-state index contributed by atoms with van der Waals surface area (Å²) >= 11 is 0. The van der Waals surface area contributed by atoms with E-state index in [9.17, 15) is 18.0 Å². The fourth-order valence-electron chi connectivity index (χ4n) is 1.35. The quantitative estimate of drug-likeness (QED) is 0.866. The van der Waals surface area contributed by atoms with Crippen LogP contribution < -0.4 is 5.32 Å². The number of halogens is 3. The lowest BCUT2D eigenvalue weighted by Gasteiger charge is -2.08. The highest BCUT2D eigenvalue weighted by atomic mass is 19.4. The molecule has 0 bridgehead atoms. The van der Waals surface area contributed by atoms with Gasteiger partial charge in [-0.15, -0.1) is 0 Å². The Labute approximate surface area is 99.9 Å². The molecule has 0 aliphatic rings. The van der Waals surface area contributed by atoms with Crippen molar-refractivity contribution in [3.05, 3.63) is 47.8 Å². The summed E-state index contributed by atoms with van der Waals surface area (Å²) in [5.74, 6) is -0.478. The summed E-state index contributed by atoms with van der Waals surface area (Å²) in [5.41, 5.74) is -0.948. The molecule has 18 heavy (non-hydrogen) atoms. The number of carbonyl (C=O) groups is 1. The third-order valence-electron chi connectivity index (χ3n) is 2.18. The highest BCUT2D eigenvalue weighted by molar-refractivity contribution is 6.03. The fraction of sp³-hybridized carbons (Fsp3) is 0.0909. The van der Waals surface area contributed by atoms with Gasteiger partial charge in [-0.05, 0) is 18.2 Å². The van der Waals surface area contributed by atoms with Gasteiger partial charge in [0.2, 0.25) is 5.95 Å². The van der Waals surface area contributed by atoms with Gasteiger partial charge in [0.1, 0.15) is 0 Å². The SMILES string of the molecule is O=C(Nc1ncc[nH]1)c1cccc(C(F)(F)F)c1. The zero-order chi connectivity index (χ0) is 13.2. The zero-order valence-electron chi connectivity index (χ0n) is 8.95. The lowest BCUT2D eigenvalue weighted by molar-refractivity contribution is -0.137. The molecule has 0 aliphatic heterocycles. The van der Waals surface area contributed by atoms with Gasteiger partial charge >= 0.3 is 6.18 Å². The van der Waals surface area contributed by atoms with Crippen LogP contribution in [0.4, 0.5) is 19.1 Å². The molecule has 94 valence electrons. The maximum Gasteiger partial charge on any atom is 0.416 e. The van der Waals surface area contributed by atoms with Crippen LogP contribution in [0.5, 0.6) is 0 Å². The number of imidazole rings is 1. The molecule has 1 heterocycles. The molecule has 0 fully saturated rings. The van der Waals surface area contributed by atoms with Gasteiger partial charge in [0.15, 0.2) is 0 Å². The summed E-state index contributed by atoms with van der Waals surface area (Å²) in [5, 5.41) is 2.34. The van der Waals surface area contributed by atoms with E-state index in [2.05, 4.69) is 15.3 Å². The van der Waals surface area contributed by atoms with Crippen molar-refractivity contribution in [2.75, 3.05) is 5.32 Å². The van der Waals surface area contributed by atoms with Crippen LogP contribution in [0.1, 0.15) is 15.9 Å². The molecule has 2 rings (SSSR count). The fourth-order valence-corrected chi connectivity index (χ4v) is 1.35. The van der Waals surface area contributed by atoms with Crippen molar-refractivity contribution in [3.63, 3.8) is 0 Å². The van der Waals surface area contributed by atoms with E-state index in [1.54, 1.807) is 0 Å². The number of hydrogen-bond donors (Lipinski definition) is 2. The van der Waals surface area contributed by atoms with Crippen molar-refractivity contribution in [2.24, 2.45) is 0 Å². The van der Waals surface area contributed by atoms with Gasteiger partial charge in [0.25, 0.3) is 5.91 Å². The monoisotopic (exact) mass is 255 g/mol. The maximum absolute atomic E-state index is 12.5. The van der Waals surface area contributed by atoms with E-state index in [0.29, 0.717) is 0 Å². The lowest BCUT2D eigenvalue weighted by Crippen LogP contribution is -2.14. The number of hydrogen-bond acceptors (Lipinski definition) is 2. The summed E-state index contributed by atoms with van der Waals surface area (Å²) in [7, 11) is 0. The number of anilines is 1. The van der Waals surface area contributed by atoms with Crippen molar-refractivity contribution in [1.29, 1.82) is 0 Å². The maximum atomic E-state index is 12.5. The van der Waals surface area contributed by atoms with Gasteiger partial charge in [-0.3, -0.25) is 10.1 Å². The number of aromatic amines is 1. The molecule has 1 amide bonds. The second kappa shape index (κ2) is 4.52. The predicted octanol–water partition coefficient (Wildman–Crippen LogP) is 2.68. The van der Waals surface area contributed by atoms with E-state index in [4.69, 9.17) is 0 Å². The van der Waals surface area contributed by atoms with Crippen molar-refractivity contribution in [2.45, 2.75) is 6.18 Å². The zero-order valence-corrected chi connectivity index (χ0v) is 8.95. The van der Waals surface area contributed by atoms with Crippen molar-refractivity contribution >= 4 is 11.9 Å². The van der Waals surface area contributed by atoms with E-state index in [0.717, 1.165) is 12.1 Å². The Balaban J connectivity index is 2.21. The molecule has 0 saturated heterocycles. The molecule has 0 aliphatic carbocycles. The predicted molar refractivity (Wildman–Crippen MR) is 58.0 cm³/mol. The number of aromatic nitrogens is 2. The minimum atomic E-state index is -4.47. The molecule has 4 nitrogen and oxygen atoms in total. The number of alkyl halides is 3. The topological polar surface area (TPSA) is 57.8 Å². The van der Waals surface area contributed by atoms with Crippen molar-refractivity contribution in [3.8, 4) is 0 Å². The number of H-pyrrole nitrogens is 1. The molecule has 0 radical (unpaired) electrons. The molecule has 1 aromatic heterocycles. The number of nitrogens with one attached hydrogen (secondary N) is 2. The van der Waals surface area contributed by atoms with Crippen LogP contribution in [0.3, 0.4) is 0 Å². The Morgan fingerprint density at radius 1 is 1.33 bits per heavy atom. The van der Waals surface area contributed by atoms with Crippen LogP contribution in [0.25, 0.3) is 0 Å². The first-order valence-electron chi connectivity index (χ1n) is 4.95. The Bertz CT molecular complexity index is 549. The van der Waals surface area contributed by atoms with E-state index in [-0.39, 0.29) is 11.5 Å². The van der Waals surface area contributed by atoms with E-state index < -0.39 is 17.6 Å². The number of nitrogens with zero attached hydrogens (tertiary/aromatic N) is 1. The Morgan fingerprint density at radius 2 is 2.11 bits per heavy atom. The average Bonchev–Trinajstić information content (AvgIpc) is 2.81. The molecule has 7 heteroatoms. The third kappa shape index (κ3) is 2.68. The van der Waals surface area contributed by atoms with E-state index in [1.165, 1.54) is 24.5 Å². The molecule has 1 aromatic carbocycles. The van der Waals surface area contributed by atoms with Gasteiger partial charge < -0.3 is 4.98 Å². The number of carbonyl (C=O) groups excluding carboxylic acids is 1. The lowest BCUT2D eigenvalue weighted by atomic mass is 10.1. The number of amides is 1. The van der Waals surface area contributed by atoms with Crippen LogP contribution >= 0.6 is 0 Å². The molecule has 0 saturated carbocycles. The standard InChI is InChI=1S/C11H8F3N3O/c12-11(13,14)8-3-1-2-7(6-8)9(18)17-10-15-4-5-16-10/h1-6H,(H2,15,16,17,18). The first-order valence-corrected chi connectivity index (χ1v) is 4.95. The minimum absolute atomic E-state index is 0.0822. The largest absolute Gasteiger partial charge is 0.416 e. The molecule has 0 spiro atoms. The third-order valence-corrected chi connectivity index (χ3v) is 2.18. The minimum Gasteiger partial charge on any atom is -0.331 e. The van der Waals surface area contributed by atoms with Crippen LogP contribution in [-0.2, 0) is 6.18 Å². The van der Waals surface area contributed by atoms with Gasteiger partial charge in [-0.25, -0.2) is 4.98 Å². The average molecular weight is 255 g/mol. The van der Waals surface area contributed by atoms with E-state index >= 15 is 0 Å². The number of rotatable bonds is 2. The van der Waals surface area contributed by atoms with Crippen LogP contribution in [-0.4, -0.2) is 15.9 Å². The van der Waals surface area contributed by atoms with Crippen LogP contribution in [0, 0.1) is 0 Å². The summed E-state index contributed by atoms with van der Waals surface area (Å²) in [4.78, 5) is 18.0. The molecular weight excluding hydrogens is 247 g/mol. The first-order chi connectivity index (χ1) is 8.47. The smallest absolute Gasteiger partial charge is 0.331 e. The number of benzene rings is 1. The Morgan fingerprint density at radius 3 is 2.72 bits per heavy atom. The van der Waals surface area contributed by atoms with Crippen molar-refractivity contribution in [1.82, 2.24) is 9.97 Å². The van der Waals surface area contributed by atoms with E-state index in [1.807, 2.05) is 0 Å². The summed E-state index contributed by atoms with van der Waals surface area (Å²) in [6.07, 6.45) is -1.57. The molecule has 0 unspecified atom stereocenters. The van der Waals surface area contributed by atoms with Crippen LogP contribution in [0.15, 0.2) is 36.7 Å².